The van der Waals surface area contributed by atoms with E-state index in [1.807, 2.05) is 0 Å². The molecule has 7 heteroatoms. The Morgan fingerprint density at radius 1 is 1.37 bits per heavy atom. The highest BCUT2D eigenvalue weighted by atomic mass is 79.9. The van der Waals surface area contributed by atoms with Crippen molar-refractivity contribution in [3.63, 3.8) is 0 Å². The van der Waals surface area contributed by atoms with Crippen LogP contribution >= 0.6 is 15.9 Å². The zero-order chi connectivity index (χ0) is 14.0. The van der Waals surface area contributed by atoms with Crippen LogP contribution in [0.1, 0.15) is 16.8 Å². The molecule has 1 aliphatic rings. The number of hydrogen-bond donors (Lipinski definition) is 1. The van der Waals surface area contributed by atoms with Crippen molar-refractivity contribution in [3.05, 3.63) is 34.3 Å². The summed E-state index contributed by atoms with van der Waals surface area (Å²) in [5.74, 6) is -0.173. The van der Waals surface area contributed by atoms with Gasteiger partial charge in [-0.15, -0.1) is 0 Å². The van der Waals surface area contributed by atoms with E-state index in [0.29, 0.717) is 25.1 Å². The maximum atomic E-state index is 12.0. The van der Waals surface area contributed by atoms with E-state index in [9.17, 15) is 13.2 Å². The normalized spacial score (nSPS) is 20.4. The first-order valence-electron chi connectivity index (χ1n) is 5.88. The summed E-state index contributed by atoms with van der Waals surface area (Å²) < 4.78 is 25.1. The SMILES string of the molecule is CS(=O)(=O)N1CCC(NC(=O)c2ccc(Br)cc2)C1. The van der Waals surface area contributed by atoms with Gasteiger partial charge in [0.15, 0.2) is 0 Å². The second-order valence-electron chi connectivity index (χ2n) is 4.59. The van der Waals surface area contributed by atoms with Gasteiger partial charge in [0.05, 0.1) is 6.26 Å². The fourth-order valence-corrected chi connectivity index (χ4v) is 3.17. The van der Waals surface area contributed by atoms with Crippen LogP contribution < -0.4 is 5.32 Å². The van der Waals surface area contributed by atoms with Crippen LogP contribution in [-0.4, -0.2) is 44.0 Å². The Labute approximate surface area is 121 Å². The average molecular weight is 347 g/mol. The van der Waals surface area contributed by atoms with Gasteiger partial charge in [0.25, 0.3) is 5.91 Å². The maximum absolute atomic E-state index is 12.0. The third-order valence-electron chi connectivity index (χ3n) is 3.06. The highest BCUT2D eigenvalue weighted by Crippen LogP contribution is 2.14. The third kappa shape index (κ3) is 3.77. The van der Waals surface area contributed by atoms with Gasteiger partial charge in [-0.3, -0.25) is 4.79 Å². The molecule has 0 radical (unpaired) electrons. The van der Waals surface area contributed by atoms with Crippen molar-refractivity contribution in [1.29, 1.82) is 0 Å². The number of sulfonamides is 1. The van der Waals surface area contributed by atoms with Gasteiger partial charge in [0.1, 0.15) is 0 Å². The molecule has 1 atom stereocenters. The Morgan fingerprint density at radius 2 is 2.00 bits per heavy atom. The van der Waals surface area contributed by atoms with Crippen molar-refractivity contribution >= 4 is 31.9 Å². The van der Waals surface area contributed by atoms with Crippen molar-refractivity contribution in [2.75, 3.05) is 19.3 Å². The molecule has 104 valence electrons. The summed E-state index contributed by atoms with van der Waals surface area (Å²) in [6.07, 6.45) is 1.83. The topological polar surface area (TPSA) is 66.5 Å². The Morgan fingerprint density at radius 3 is 2.53 bits per heavy atom. The first-order chi connectivity index (χ1) is 8.86. The van der Waals surface area contributed by atoms with Crippen LogP contribution in [0, 0.1) is 0 Å². The molecule has 1 aromatic rings. The summed E-state index contributed by atoms with van der Waals surface area (Å²) in [6.45, 7) is 0.811. The lowest BCUT2D eigenvalue weighted by Gasteiger charge is -2.14. The average Bonchev–Trinajstić information content (AvgIpc) is 2.78. The van der Waals surface area contributed by atoms with Gasteiger partial charge in [-0.2, -0.15) is 0 Å². The molecule has 0 saturated carbocycles. The molecular weight excluding hydrogens is 332 g/mol. The van der Waals surface area contributed by atoms with Crippen LogP contribution in [0.2, 0.25) is 0 Å². The van der Waals surface area contributed by atoms with Gasteiger partial charge in [-0.05, 0) is 30.7 Å². The lowest BCUT2D eigenvalue weighted by molar-refractivity contribution is 0.0939. The van der Waals surface area contributed by atoms with Crippen LogP contribution in [0.25, 0.3) is 0 Å². The van der Waals surface area contributed by atoms with E-state index in [0.717, 1.165) is 4.47 Å². The molecule has 0 aromatic heterocycles. The van der Waals surface area contributed by atoms with Gasteiger partial charge in [0.2, 0.25) is 10.0 Å². The summed E-state index contributed by atoms with van der Waals surface area (Å²) in [5, 5.41) is 2.86. The van der Waals surface area contributed by atoms with Crippen LogP contribution in [0.4, 0.5) is 0 Å². The predicted molar refractivity (Wildman–Crippen MR) is 76.4 cm³/mol. The summed E-state index contributed by atoms with van der Waals surface area (Å²) in [5.41, 5.74) is 0.570. The zero-order valence-corrected chi connectivity index (χ0v) is 12.9. The number of benzene rings is 1. The fraction of sp³-hybridized carbons (Fsp3) is 0.417. The number of halogens is 1. The number of carbonyl (C=O) groups excluding carboxylic acids is 1. The Hall–Kier alpha value is -0.920. The second kappa shape index (κ2) is 5.60. The van der Waals surface area contributed by atoms with Crippen LogP contribution in [-0.2, 0) is 10.0 Å². The van der Waals surface area contributed by atoms with Crippen molar-refractivity contribution < 1.29 is 13.2 Å². The van der Waals surface area contributed by atoms with Crippen molar-refractivity contribution in [2.24, 2.45) is 0 Å². The number of hydrogen-bond acceptors (Lipinski definition) is 3. The molecule has 1 aromatic carbocycles. The van der Waals surface area contributed by atoms with Gasteiger partial charge in [-0.1, -0.05) is 15.9 Å². The lowest BCUT2D eigenvalue weighted by Crippen LogP contribution is -2.38. The molecule has 1 heterocycles. The molecule has 1 aliphatic heterocycles. The van der Waals surface area contributed by atoms with Crippen molar-refractivity contribution in [3.8, 4) is 0 Å². The maximum Gasteiger partial charge on any atom is 0.251 e. The molecule has 1 fully saturated rings. The molecule has 0 bridgehead atoms. The number of nitrogens with one attached hydrogen (secondary N) is 1. The quantitative estimate of drug-likeness (QED) is 0.894. The van der Waals surface area contributed by atoms with E-state index in [-0.39, 0.29) is 11.9 Å². The molecule has 5 nitrogen and oxygen atoms in total. The summed E-state index contributed by atoms with van der Waals surface area (Å²) >= 11 is 3.31. The highest BCUT2D eigenvalue weighted by Gasteiger charge is 2.29. The molecular formula is C12H15BrN2O3S. The third-order valence-corrected chi connectivity index (χ3v) is 4.86. The number of carbonyl (C=O) groups is 1. The van der Waals surface area contributed by atoms with Crippen LogP contribution in [0.15, 0.2) is 28.7 Å². The van der Waals surface area contributed by atoms with Gasteiger partial charge in [0, 0.05) is 29.2 Å². The molecule has 1 amide bonds. The van der Waals surface area contributed by atoms with E-state index < -0.39 is 10.0 Å². The largest absolute Gasteiger partial charge is 0.348 e. The summed E-state index contributed by atoms with van der Waals surface area (Å²) in [7, 11) is -3.17. The minimum absolute atomic E-state index is 0.120. The Kier molecular flexibility index (Phi) is 4.27. The van der Waals surface area contributed by atoms with Gasteiger partial charge in [-0.25, -0.2) is 12.7 Å². The Balaban J connectivity index is 1.96. The summed E-state index contributed by atoms with van der Waals surface area (Å²) in [4.78, 5) is 12.0. The molecule has 1 N–H and O–H groups in total. The Bertz CT molecular complexity index is 571. The highest BCUT2D eigenvalue weighted by molar-refractivity contribution is 9.10. The zero-order valence-electron chi connectivity index (χ0n) is 10.5. The standard InChI is InChI=1S/C12H15BrN2O3S/c1-19(17,18)15-7-6-11(8-15)14-12(16)9-2-4-10(13)5-3-9/h2-5,11H,6-8H2,1H3,(H,14,16). The predicted octanol–water partition coefficient (Wildman–Crippen LogP) is 1.21. The molecule has 0 aliphatic carbocycles. The monoisotopic (exact) mass is 346 g/mol. The molecule has 0 spiro atoms. The van der Waals surface area contributed by atoms with Gasteiger partial charge >= 0.3 is 0 Å². The van der Waals surface area contributed by atoms with E-state index in [1.54, 1.807) is 24.3 Å². The lowest BCUT2D eigenvalue weighted by atomic mass is 10.2. The number of rotatable bonds is 3. The minimum atomic E-state index is -3.17. The van der Waals surface area contributed by atoms with Crippen molar-refractivity contribution in [1.82, 2.24) is 9.62 Å². The first kappa shape index (κ1) is 14.5. The fourth-order valence-electron chi connectivity index (χ4n) is 2.02. The van der Waals surface area contributed by atoms with E-state index in [1.165, 1.54) is 10.6 Å². The van der Waals surface area contributed by atoms with Crippen molar-refractivity contribution in [2.45, 2.75) is 12.5 Å². The van der Waals surface area contributed by atoms with Crippen LogP contribution in [0.5, 0.6) is 0 Å². The molecule has 1 unspecified atom stereocenters. The van der Waals surface area contributed by atoms with E-state index >= 15 is 0 Å². The summed E-state index contributed by atoms with van der Waals surface area (Å²) in [6, 6.07) is 6.93. The first-order valence-corrected chi connectivity index (χ1v) is 8.52. The molecule has 1 saturated heterocycles. The number of nitrogens with zero attached hydrogens (tertiary/aromatic N) is 1. The number of amides is 1. The van der Waals surface area contributed by atoms with Gasteiger partial charge < -0.3 is 5.32 Å². The van der Waals surface area contributed by atoms with E-state index in [4.69, 9.17) is 0 Å². The second-order valence-corrected chi connectivity index (χ2v) is 7.49. The molecule has 2 rings (SSSR count). The van der Waals surface area contributed by atoms with Crippen LogP contribution in [0.3, 0.4) is 0 Å². The molecule has 19 heavy (non-hydrogen) atoms. The smallest absolute Gasteiger partial charge is 0.251 e. The minimum Gasteiger partial charge on any atom is -0.348 e. The van der Waals surface area contributed by atoms with E-state index in [2.05, 4.69) is 21.2 Å².